The molecule has 1 amide bonds. The van der Waals surface area contributed by atoms with Gasteiger partial charge in [0.1, 0.15) is 17.3 Å². The van der Waals surface area contributed by atoms with Crippen molar-refractivity contribution in [3.05, 3.63) is 88.4 Å². The standard InChI is InChI=1S/C30H34N2O4/c1-18-23(15-27(36-18)29(2,3)4)28(34)31-21-10-8-9-19(13-21)26(33)16-25-24-14-22(35-7)12-11-20(24)17-30(5,6)32-25/h8-16,32H,17H2,1-7H3,(H,31,34). The molecule has 188 valence electrons. The van der Waals surface area contributed by atoms with Gasteiger partial charge < -0.3 is 19.8 Å². The number of benzene rings is 2. The number of methoxy groups -OCH3 is 1. The van der Waals surface area contributed by atoms with Gasteiger partial charge in [-0.1, -0.05) is 39.0 Å². The minimum absolute atomic E-state index is 0.158. The molecule has 1 aromatic heterocycles. The second-order valence-corrected chi connectivity index (χ2v) is 11.0. The molecule has 4 rings (SSSR count). The smallest absolute Gasteiger partial charge is 0.259 e. The molecule has 3 aromatic rings. The molecule has 0 saturated carbocycles. The van der Waals surface area contributed by atoms with Crippen molar-refractivity contribution >= 4 is 23.1 Å². The number of fused-ring (bicyclic) bond motifs is 1. The normalized spacial score (nSPS) is 15.7. The van der Waals surface area contributed by atoms with Crippen molar-refractivity contribution in [2.75, 3.05) is 12.4 Å². The van der Waals surface area contributed by atoms with Gasteiger partial charge in [-0.3, -0.25) is 9.59 Å². The van der Waals surface area contributed by atoms with Crippen LogP contribution < -0.4 is 15.4 Å². The molecule has 36 heavy (non-hydrogen) atoms. The Morgan fingerprint density at radius 1 is 1.11 bits per heavy atom. The summed E-state index contributed by atoms with van der Waals surface area (Å²) in [6.07, 6.45) is 2.46. The molecule has 2 N–H and O–H groups in total. The van der Waals surface area contributed by atoms with E-state index in [0.29, 0.717) is 22.6 Å². The van der Waals surface area contributed by atoms with Crippen LogP contribution in [0.5, 0.6) is 5.75 Å². The summed E-state index contributed by atoms with van der Waals surface area (Å²) >= 11 is 0. The molecule has 0 unspecified atom stereocenters. The number of nitrogens with one attached hydrogen (secondary N) is 2. The van der Waals surface area contributed by atoms with Gasteiger partial charge >= 0.3 is 0 Å². The topological polar surface area (TPSA) is 80.6 Å². The first-order valence-electron chi connectivity index (χ1n) is 12.1. The Kier molecular flexibility index (Phi) is 6.56. The number of hydrogen-bond donors (Lipinski definition) is 2. The van der Waals surface area contributed by atoms with Crippen LogP contribution in [0.3, 0.4) is 0 Å². The SMILES string of the molecule is COc1ccc2c(c1)C(=CC(=O)c1cccc(NC(=O)c3cc(C(C)(C)C)oc3C)c1)NC(C)(C)C2. The second-order valence-electron chi connectivity index (χ2n) is 11.0. The first kappa shape index (κ1) is 25.3. The summed E-state index contributed by atoms with van der Waals surface area (Å²) < 4.78 is 11.2. The molecule has 6 heteroatoms. The van der Waals surface area contributed by atoms with Gasteiger partial charge in [-0.2, -0.15) is 0 Å². The molecule has 0 saturated heterocycles. The van der Waals surface area contributed by atoms with Crippen molar-refractivity contribution in [3.63, 3.8) is 0 Å². The lowest BCUT2D eigenvalue weighted by Gasteiger charge is -2.35. The quantitative estimate of drug-likeness (QED) is 0.327. The zero-order valence-corrected chi connectivity index (χ0v) is 22.0. The third kappa shape index (κ3) is 5.38. The fourth-order valence-electron chi connectivity index (χ4n) is 4.39. The molecule has 1 aliphatic heterocycles. The van der Waals surface area contributed by atoms with E-state index in [4.69, 9.17) is 9.15 Å². The Balaban J connectivity index is 1.59. The third-order valence-electron chi connectivity index (χ3n) is 6.29. The van der Waals surface area contributed by atoms with Gasteiger partial charge in [0, 0.05) is 39.5 Å². The summed E-state index contributed by atoms with van der Waals surface area (Å²) in [5, 5.41) is 6.40. The Labute approximate surface area is 212 Å². The van der Waals surface area contributed by atoms with E-state index in [0.717, 1.165) is 34.8 Å². The third-order valence-corrected chi connectivity index (χ3v) is 6.29. The summed E-state index contributed by atoms with van der Waals surface area (Å²) in [5.74, 6) is 1.62. The van der Waals surface area contributed by atoms with E-state index in [2.05, 4.69) is 24.5 Å². The molecule has 2 aromatic carbocycles. The summed E-state index contributed by atoms with van der Waals surface area (Å²) in [4.78, 5) is 26.2. The lowest BCUT2D eigenvalue weighted by atomic mass is 9.85. The Morgan fingerprint density at radius 3 is 2.53 bits per heavy atom. The Morgan fingerprint density at radius 2 is 1.86 bits per heavy atom. The molecule has 0 bridgehead atoms. The monoisotopic (exact) mass is 486 g/mol. The van der Waals surface area contributed by atoms with Crippen molar-refractivity contribution in [1.82, 2.24) is 5.32 Å². The molecule has 2 heterocycles. The van der Waals surface area contributed by atoms with E-state index in [1.54, 1.807) is 50.4 Å². The number of carbonyl (C=O) groups is 2. The number of allylic oxidation sites excluding steroid dienone is 1. The highest BCUT2D eigenvalue weighted by atomic mass is 16.5. The van der Waals surface area contributed by atoms with E-state index in [1.165, 1.54) is 0 Å². The lowest BCUT2D eigenvalue weighted by Crippen LogP contribution is -2.43. The molecular formula is C30H34N2O4. The zero-order valence-electron chi connectivity index (χ0n) is 22.0. The number of ether oxygens (including phenoxy) is 1. The predicted octanol–water partition coefficient (Wildman–Crippen LogP) is 6.29. The van der Waals surface area contributed by atoms with Gasteiger partial charge in [0.15, 0.2) is 5.78 Å². The average Bonchev–Trinajstić information content (AvgIpc) is 3.20. The molecule has 0 atom stereocenters. The highest BCUT2D eigenvalue weighted by molar-refractivity contribution is 6.10. The average molecular weight is 487 g/mol. The van der Waals surface area contributed by atoms with Crippen LogP contribution in [0.1, 0.15) is 78.0 Å². The maximum atomic E-state index is 13.3. The highest BCUT2D eigenvalue weighted by Crippen LogP contribution is 2.33. The number of anilines is 1. The van der Waals surface area contributed by atoms with Crippen LogP contribution in [-0.2, 0) is 11.8 Å². The number of carbonyl (C=O) groups excluding carboxylic acids is 2. The molecule has 0 radical (unpaired) electrons. The summed E-state index contributed by atoms with van der Waals surface area (Å²) in [5.41, 5.74) is 3.98. The summed E-state index contributed by atoms with van der Waals surface area (Å²) in [6.45, 7) is 12.1. The van der Waals surface area contributed by atoms with Crippen molar-refractivity contribution in [3.8, 4) is 5.75 Å². The molecule has 0 spiro atoms. The number of rotatable bonds is 5. The van der Waals surface area contributed by atoms with Crippen LogP contribution in [0.15, 0.2) is 59.0 Å². The van der Waals surface area contributed by atoms with Crippen LogP contribution >= 0.6 is 0 Å². The van der Waals surface area contributed by atoms with Crippen molar-refractivity contribution < 1.29 is 18.7 Å². The van der Waals surface area contributed by atoms with Crippen LogP contribution in [0, 0.1) is 6.92 Å². The maximum Gasteiger partial charge on any atom is 0.259 e. The first-order chi connectivity index (χ1) is 16.9. The Hall–Kier alpha value is -3.80. The molecule has 1 aliphatic rings. The van der Waals surface area contributed by atoms with Crippen molar-refractivity contribution in [1.29, 1.82) is 0 Å². The Bertz CT molecular complexity index is 1360. The maximum absolute atomic E-state index is 13.3. The van der Waals surface area contributed by atoms with E-state index < -0.39 is 0 Å². The van der Waals surface area contributed by atoms with Gasteiger partial charge in [0.05, 0.1) is 12.7 Å². The predicted molar refractivity (Wildman–Crippen MR) is 143 cm³/mol. The molecular weight excluding hydrogens is 452 g/mol. The van der Waals surface area contributed by atoms with Crippen molar-refractivity contribution in [2.24, 2.45) is 0 Å². The number of aryl methyl sites for hydroxylation is 1. The molecule has 0 fully saturated rings. The highest BCUT2D eigenvalue weighted by Gasteiger charge is 2.28. The number of amides is 1. The van der Waals surface area contributed by atoms with E-state index >= 15 is 0 Å². The second kappa shape index (κ2) is 9.34. The first-order valence-corrected chi connectivity index (χ1v) is 12.1. The number of ketones is 1. The fourth-order valence-corrected chi connectivity index (χ4v) is 4.39. The van der Waals surface area contributed by atoms with Gasteiger partial charge in [-0.25, -0.2) is 0 Å². The van der Waals surface area contributed by atoms with Crippen LogP contribution in [0.4, 0.5) is 5.69 Å². The lowest BCUT2D eigenvalue weighted by molar-refractivity contribution is 0.102. The fraction of sp³-hybridized carbons (Fsp3) is 0.333. The number of hydrogen-bond acceptors (Lipinski definition) is 5. The van der Waals surface area contributed by atoms with E-state index in [9.17, 15) is 9.59 Å². The largest absolute Gasteiger partial charge is 0.497 e. The van der Waals surface area contributed by atoms with Gasteiger partial charge in [-0.05, 0) is 63.1 Å². The zero-order chi connectivity index (χ0) is 26.3. The molecule has 6 nitrogen and oxygen atoms in total. The van der Waals surface area contributed by atoms with E-state index in [1.807, 2.05) is 39.0 Å². The minimum atomic E-state index is -0.272. The van der Waals surface area contributed by atoms with E-state index in [-0.39, 0.29) is 22.6 Å². The van der Waals surface area contributed by atoms with Crippen LogP contribution in [-0.4, -0.2) is 24.3 Å². The van der Waals surface area contributed by atoms with Gasteiger partial charge in [0.2, 0.25) is 0 Å². The summed E-state index contributed by atoms with van der Waals surface area (Å²) in [6, 6.07) is 14.7. The van der Waals surface area contributed by atoms with Gasteiger partial charge in [-0.15, -0.1) is 0 Å². The van der Waals surface area contributed by atoms with Gasteiger partial charge in [0.25, 0.3) is 5.91 Å². The minimum Gasteiger partial charge on any atom is -0.497 e. The number of furan rings is 1. The van der Waals surface area contributed by atoms with Crippen LogP contribution in [0.2, 0.25) is 0 Å². The summed E-state index contributed by atoms with van der Waals surface area (Å²) in [7, 11) is 1.63. The molecule has 0 aliphatic carbocycles. The van der Waals surface area contributed by atoms with Crippen LogP contribution in [0.25, 0.3) is 5.70 Å². The van der Waals surface area contributed by atoms with Crippen molar-refractivity contribution in [2.45, 2.75) is 58.9 Å².